The van der Waals surface area contributed by atoms with E-state index in [4.69, 9.17) is 14.6 Å². The summed E-state index contributed by atoms with van der Waals surface area (Å²) >= 11 is 0. The second kappa shape index (κ2) is 11.9. The Morgan fingerprint density at radius 3 is 2.40 bits per heavy atom. The Morgan fingerprint density at radius 1 is 1.10 bits per heavy atom. The lowest BCUT2D eigenvalue weighted by Gasteiger charge is -2.71. The molecule has 2 heterocycles. The van der Waals surface area contributed by atoms with Crippen molar-refractivity contribution >= 4 is 5.97 Å². The van der Waals surface area contributed by atoms with Gasteiger partial charge in [0, 0.05) is 11.0 Å². The molecule has 8 heteroatoms. The number of hydrogen-bond acceptors (Lipinski definition) is 6. The summed E-state index contributed by atoms with van der Waals surface area (Å²) in [7, 11) is 4.33. The van der Waals surface area contributed by atoms with Gasteiger partial charge in [-0.25, -0.2) is 9.67 Å². The van der Waals surface area contributed by atoms with Crippen LogP contribution in [0.2, 0.25) is 0 Å². The van der Waals surface area contributed by atoms with Crippen LogP contribution in [0.3, 0.4) is 0 Å². The third-order valence-corrected chi connectivity index (χ3v) is 16.6. The predicted octanol–water partition coefficient (Wildman–Crippen LogP) is 7.77. The third kappa shape index (κ3) is 4.80. The van der Waals surface area contributed by atoms with Crippen molar-refractivity contribution in [2.45, 2.75) is 125 Å². The van der Waals surface area contributed by atoms with Crippen molar-refractivity contribution < 1.29 is 19.4 Å². The summed E-state index contributed by atoms with van der Waals surface area (Å²) in [4.78, 5) is 20.3. The molecule has 5 aliphatic rings. The van der Waals surface area contributed by atoms with Crippen molar-refractivity contribution in [1.29, 1.82) is 0 Å². The Hall–Kier alpha value is -1.77. The molecule has 6 rings (SSSR count). The van der Waals surface area contributed by atoms with E-state index in [9.17, 15) is 9.90 Å². The van der Waals surface area contributed by atoms with Gasteiger partial charge in [-0.3, -0.25) is 4.79 Å². The van der Waals surface area contributed by atoms with Crippen LogP contribution in [0.15, 0.2) is 24.3 Å². The molecule has 1 saturated heterocycles. The van der Waals surface area contributed by atoms with E-state index in [-0.39, 0.29) is 50.7 Å². The highest BCUT2D eigenvalue weighted by Gasteiger charge is 2.72. The first kappa shape index (κ1) is 36.0. The van der Waals surface area contributed by atoms with Crippen LogP contribution in [-0.4, -0.2) is 76.3 Å². The summed E-state index contributed by atoms with van der Waals surface area (Å²) < 4.78 is 16.3. The van der Waals surface area contributed by atoms with E-state index in [0.29, 0.717) is 36.9 Å². The largest absolute Gasteiger partial charge is 0.481 e. The Balaban J connectivity index is 1.51. The Labute approximate surface area is 290 Å². The van der Waals surface area contributed by atoms with Crippen LogP contribution in [0.25, 0.3) is 0 Å². The van der Waals surface area contributed by atoms with E-state index in [1.54, 1.807) is 6.33 Å². The van der Waals surface area contributed by atoms with E-state index in [1.807, 2.05) is 6.33 Å². The first-order valence-electron chi connectivity index (χ1n) is 19.0. The summed E-state index contributed by atoms with van der Waals surface area (Å²) in [5, 5.41) is 15.9. The van der Waals surface area contributed by atoms with Gasteiger partial charge in [-0.1, -0.05) is 74.0 Å². The van der Waals surface area contributed by atoms with Crippen molar-refractivity contribution in [2.24, 2.45) is 62.6 Å². The molecule has 0 radical (unpaired) electrons. The maximum absolute atomic E-state index is 13.5. The fraction of sp³-hybridized carbons (Fsp3) is 0.875. The molecule has 4 fully saturated rings. The molecule has 8 nitrogen and oxygen atoms in total. The predicted molar refractivity (Wildman–Crippen MR) is 189 cm³/mol. The SMILES string of the molecule is CC(C)[C@@H](C)[C@@]1(C)CC[C@]2(C)[C@H]3CC[C@@H]4[C@@]5(C)COC[C@@]4(C3=CC[C@@]2(C)[C@@H]1C(=O)O)[C@@H](OC[C@](C)(C(C)C)N(C)C)[C@H](n1cncn1)C5. The maximum atomic E-state index is 13.5. The van der Waals surface area contributed by atoms with E-state index in [0.717, 1.165) is 45.1 Å². The number of carbonyl (C=O) groups is 1. The van der Waals surface area contributed by atoms with E-state index in [2.05, 4.69) is 104 Å². The van der Waals surface area contributed by atoms with Gasteiger partial charge in [0.05, 0.1) is 37.9 Å². The normalized spacial score (nSPS) is 44.4. The zero-order valence-electron chi connectivity index (χ0n) is 32.2. The number of allylic oxidation sites excluding steroid dienone is 1. The smallest absolute Gasteiger partial charge is 0.307 e. The zero-order valence-corrected chi connectivity index (χ0v) is 32.2. The second-order valence-corrected chi connectivity index (χ2v) is 19.2. The van der Waals surface area contributed by atoms with Crippen molar-refractivity contribution in [2.75, 3.05) is 33.9 Å². The fourth-order valence-corrected chi connectivity index (χ4v) is 12.6. The van der Waals surface area contributed by atoms with E-state index >= 15 is 0 Å². The molecular formula is C40H66N4O4. The minimum absolute atomic E-state index is 0.0213. The van der Waals surface area contributed by atoms with Crippen LogP contribution in [-0.2, 0) is 14.3 Å². The van der Waals surface area contributed by atoms with Crippen LogP contribution in [0.5, 0.6) is 0 Å². The number of aliphatic carboxylic acids is 1. The van der Waals surface area contributed by atoms with Gasteiger partial charge in [-0.05, 0) is 111 Å². The molecule has 1 N–H and O–H groups in total. The fourth-order valence-electron chi connectivity index (χ4n) is 12.6. The van der Waals surface area contributed by atoms with Crippen molar-refractivity contribution in [1.82, 2.24) is 19.7 Å². The first-order valence-corrected chi connectivity index (χ1v) is 19.0. The minimum atomic E-state index is -0.613. The molecular weight excluding hydrogens is 600 g/mol. The van der Waals surface area contributed by atoms with Gasteiger partial charge in [0.2, 0.25) is 0 Å². The highest BCUT2D eigenvalue weighted by atomic mass is 16.5. The number of likely N-dealkylation sites (N-methyl/N-ethyl adjacent to an activating group) is 1. The summed E-state index contributed by atoms with van der Waals surface area (Å²) in [6, 6.07) is 0.0327. The number of hydrogen-bond donors (Lipinski definition) is 1. The molecule has 4 aliphatic carbocycles. The van der Waals surface area contributed by atoms with Gasteiger partial charge in [0.25, 0.3) is 0 Å². The van der Waals surface area contributed by atoms with Gasteiger partial charge in [0.1, 0.15) is 12.7 Å². The topological polar surface area (TPSA) is 89.7 Å². The third-order valence-electron chi connectivity index (χ3n) is 16.6. The molecule has 3 saturated carbocycles. The summed E-state index contributed by atoms with van der Waals surface area (Å²) in [5.41, 5.74) is 0.249. The molecule has 0 amide bonds. The maximum Gasteiger partial charge on any atom is 0.307 e. The quantitative estimate of drug-likeness (QED) is 0.270. The molecule has 48 heavy (non-hydrogen) atoms. The van der Waals surface area contributed by atoms with Gasteiger partial charge in [0.15, 0.2) is 0 Å². The number of nitrogens with zero attached hydrogens (tertiary/aromatic N) is 4. The average Bonchev–Trinajstić information content (AvgIpc) is 3.55. The van der Waals surface area contributed by atoms with Gasteiger partial charge in [-0.2, -0.15) is 5.10 Å². The van der Waals surface area contributed by atoms with Crippen LogP contribution < -0.4 is 0 Å². The van der Waals surface area contributed by atoms with Crippen LogP contribution in [0.4, 0.5) is 0 Å². The number of rotatable bonds is 9. The Bertz CT molecular complexity index is 1380. The van der Waals surface area contributed by atoms with E-state index in [1.165, 1.54) is 5.57 Å². The van der Waals surface area contributed by atoms with Crippen molar-refractivity contribution in [3.05, 3.63) is 24.3 Å². The lowest BCUT2D eigenvalue weighted by molar-refractivity contribution is -0.256. The van der Waals surface area contributed by atoms with Gasteiger partial charge >= 0.3 is 5.97 Å². The molecule has 0 spiro atoms. The molecule has 0 unspecified atom stereocenters. The number of aromatic nitrogens is 3. The summed E-state index contributed by atoms with van der Waals surface area (Å²) in [5.74, 6) is 0.830. The number of carboxylic acid groups (broad SMARTS) is 1. The van der Waals surface area contributed by atoms with Crippen molar-refractivity contribution in [3.8, 4) is 0 Å². The first-order chi connectivity index (χ1) is 22.3. The zero-order chi connectivity index (χ0) is 35.2. The minimum Gasteiger partial charge on any atom is -0.481 e. The molecule has 1 aromatic rings. The standard InChI is InChI=1S/C40H66N4O4/c1-25(2)27(5)36(7)17-18-37(8)28-13-14-31-35(6)19-30(44-24-41-23-42-44)33(48-21-39(10,26(3)4)43(11)12)40(31,22-47-20-35)29(28)15-16-38(37,9)32(36)34(45)46/h15,23-28,30-33H,13-14,16-22H2,1-12H3,(H,45,46)/t27-,28+,30-,31-,32-,33+,35-,36-,37-,38+,39-,40+/m1/s1. The molecule has 270 valence electrons. The van der Waals surface area contributed by atoms with E-state index < -0.39 is 11.9 Å². The number of carboxylic acids is 1. The monoisotopic (exact) mass is 667 g/mol. The lowest BCUT2D eigenvalue weighted by Crippen LogP contribution is -2.70. The van der Waals surface area contributed by atoms with Crippen LogP contribution >= 0.6 is 0 Å². The molecule has 0 aromatic carbocycles. The van der Waals surface area contributed by atoms with Crippen LogP contribution in [0, 0.1) is 62.6 Å². The Morgan fingerprint density at radius 2 is 1.81 bits per heavy atom. The van der Waals surface area contributed by atoms with Gasteiger partial charge in [-0.15, -0.1) is 0 Å². The van der Waals surface area contributed by atoms with Crippen molar-refractivity contribution in [3.63, 3.8) is 0 Å². The molecule has 1 aromatic heterocycles. The second-order valence-electron chi connectivity index (χ2n) is 19.2. The number of fused-ring (bicyclic) bond motifs is 3. The van der Waals surface area contributed by atoms with Crippen LogP contribution in [0.1, 0.15) is 114 Å². The molecule has 12 atom stereocenters. The Kier molecular flexibility index (Phi) is 8.93. The highest BCUT2D eigenvalue weighted by molar-refractivity contribution is 5.73. The summed E-state index contributed by atoms with van der Waals surface area (Å²) in [6.07, 6.45) is 11.9. The molecule has 2 bridgehead atoms. The summed E-state index contributed by atoms with van der Waals surface area (Å²) in [6.45, 7) is 25.3. The van der Waals surface area contributed by atoms with Gasteiger partial charge < -0.3 is 19.5 Å². The lowest BCUT2D eigenvalue weighted by atomic mass is 9.34. The molecule has 1 aliphatic heterocycles. The number of ether oxygens (including phenoxy) is 2. The average molecular weight is 667 g/mol. The highest BCUT2D eigenvalue weighted by Crippen LogP contribution is 2.75.